The Bertz CT molecular complexity index is 960. The van der Waals surface area contributed by atoms with E-state index < -0.39 is 11.9 Å². The van der Waals surface area contributed by atoms with Crippen LogP contribution in [0.3, 0.4) is 0 Å². The quantitative estimate of drug-likeness (QED) is 0.494. The van der Waals surface area contributed by atoms with E-state index in [0.29, 0.717) is 11.1 Å². The first-order chi connectivity index (χ1) is 12.6. The molecule has 0 spiro atoms. The molecule has 1 aromatic heterocycles. The fourth-order valence-corrected chi connectivity index (χ4v) is 2.57. The van der Waals surface area contributed by atoms with Crippen LogP contribution in [0.15, 0.2) is 54.7 Å². The zero-order chi connectivity index (χ0) is 18.5. The third kappa shape index (κ3) is 3.72. The van der Waals surface area contributed by atoms with Crippen molar-refractivity contribution in [2.75, 3.05) is 7.11 Å². The lowest BCUT2D eigenvalue weighted by Gasteiger charge is -2.07. The molecular formula is C19H17N3O4. The second kappa shape index (κ2) is 7.52. The molecule has 7 heteroatoms. The number of H-pyrrole nitrogens is 1. The first-order valence-electron chi connectivity index (χ1n) is 7.91. The van der Waals surface area contributed by atoms with E-state index in [1.54, 1.807) is 6.20 Å². The number of nitrogens with one attached hydrogen (secondary N) is 3. The Morgan fingerprint density at radius 1 is 0.962 bits per heavy atom. The molecule has 0 fully saturated rings. The first-order valence-corrected chi connectivity index (χ1v) is 7.91. The number of para-hydroxylation sites is 1. The molecular weight excluding hydrogens is 334 g/mol. The van der Waals surface area contributed by atoms with Gasteiger partial charge in [0.05, 0.1) is 19.1 Å². The van der Waals surface area contributed by atoms with Gasteiger partial charge in [0.15, 0.2) is 0 Å². The van der Waals surface area contributed by atoms with E-state index in [2.05, 4.69) is 20.6 Å². The lowest BCUT2D eigenvalue weighted by Crippen LogP contribution is -2.42. The molecule has 0 aliphatic heterocycles. The zero-order valence-corrected chi connectivity index (χ0v) is 14.0. The molecule has 3 aromatic rings. The van der Waals surface area contributed by atoms with Crippen molar-refractivity contribution in [2.24, 2.45) is 0 Å². The number of hydrazine groups is 1. The lowest BCUT2D eigenvalue weighted by molar-refractivity contribution is -0.121. The molecule has 26 heavy (non-hydrogen) atoms. The summed E-state index contributed by atoms with van der Waals surface area (Å²) in [4.78, 5) is 38.6. The number of amides is 2. The lowest BCUT2D eigenvalue weighted by atomic mass is 10.1. The van der Waals surface area contributed by atoms with Crippen molar-refractivity contribution in [1.82, 2.24) is 15.8 Å². The predicted molar refractivity (Wildman–Crippen MR) is 95.4 cm³/mol. The van der Waals surface area contributed by atoms with Gasteiger partial charge < -0.3 is 9.72 Å². The maximum Gasteiger partial charge on any atom is 0.337 e. The molecule has 0 aliphatic carbocycles. The van der Waals surface area contributed by atoms with Crippen LogP contribution in [0.25, 0.3) is 10.9 Å². The summed E-state index contributed by atoms with van der Waals surface area (Å²) in [5.41, 5.74) is 7.19. The molecule has 0 radical (unpaired) electrons. The summed E-state index contributed by atoms with van der Waals surface area (Å²) in [6.07, 6.45) is 1.91. The highest BCUT2D eigenvalue weighted by atomic mass is 16.5. The second-order valence-electron chi connectivity index (χ2n) is 5.61. The van der Waals surface area contributed by atoms with Crippen molar-refractivity contribution in [2.45, 2.75) is 6.42 Å². The first kappa shape index (κ1) is 17.2. The zero-order valence-electron chi connectivity index (χ0n) is 14.0. The van der Waals surface area contributed by atoms with Crippen molar-refractivity contribution >= 4 is 28.7 Å². The van der Waals surface area contributed by atoms with Crippen molar-refractivity contribution < 1.29 is 19.1 Å². The number of rotatable bonds is 4. The number of methoxy groups -OCH3 is 1. The SMILES string of the molecule is COC(=O)c1ccc(C(=O)NNC(=O)Cc2c[nH]c3ccccc23)cc1. The highest BCUT2D eigenvalue weighted by molar-refractivity contribution is 5.97. The minimum atomic E-state index is -0.482. The number of benzene rings is 2. The Kier molecular flexibility index (Phi) is 4.98. The Hall–Kier alpha value is -3.61. The molecule has 132 valence electrons. The van der Waals surface area contributed by atoms with Gasteiger partial charge in [0, 0.05) is 22.7 Å². The normalized spacial score (nSPS) is 10.3. The summed E-state index contributed by atoms with van der Waals surface area (Å²) < 4.78 is 4.60. The monoisotopic (exact) mass is 351 g/mol. The molecule has 0 unspecified atom stereocenters. The van der Waals surface area contributed by atoms with E-state index in [1.807, 2.05) is 24.3 Å². The fourth-order valence-electron chi connectivity index (χ4n) is 2.57. The van der Waals surface area contributed by atoms with Crippen LogP contribution in [0.2, 0.25) is 0 Å². The van der Waals surface area contributed by atoms with Crippen molar-refractivity contribution in [1.29, 1.82) is 0 Å². The van der Waals surface area contributed by atoms with Gasteiger partial charge in [-0.2, -0.15) is 0 Å². The van der Waals surface area contributed by atoms with Gasteiger partial charge in [-0.1, -0.05) is 18.2 Å². The number of esters is 1. The van der Waals surface area contributed by atoms with Crippen molar-refractivity contribution in [3.8, 4) is 0 Å². The smallest absolute Gasteiger partial charge is 0.337 e. The summed E-state index contributed by atoms with van der Waals surface area (Å²) in [7, 11) is 1.28. The van der Waals surface area contributed by atoms with Crippen LogP contribution in [0.1, 0.15) is 26.3 Å². The average molecular weight is 351 g/mol. The van der Waals surface area contributed by atoms with E-state index in [-0.39, 0.29) is 12.3 Å². The molecule has 0 aliphatic rings. The summed E-state index contributed by atoms with van der Waals surface area (Å²) in [5, 5.41) is 0.965. The largest absolute Gasteiger partial charge is 0.465 e. The molecule has 0 bridgehead atoms. The summed E-state index contributed by atoms with van der Waals surface area (Å²) in [5.74, 6) is -1.30. The highest BCUT2D eigenvalue weighted by Gasteiger charge is 2.12. The molecule has 3 N–H and O–H groups in total. The van der Waals surface area contributed by atoms with E-state index in [4.69, 9.17) is 0 Å². The number of carbonyl (C=O) groups excluding carboxylic acids is 3. The molecule has 1 heterocycles. The van der Waals surface area contributed by atoms with E-state index >= 15 is 0 Å². The number of hydrogen-bond acceptors (Lipinski definition) is 4. The molecule has 0 saturated heterocycles. The summed E-state index contributed by atoms with van der Waals surface area (Å²) >= 11 is 0. The second-order valence-corrected chi connectivity index (χ2v) is 5.61. The Morgan fingerprint density at radius 3 is 2.38 bits per heavy atom. The highest BCUT2D eigenvalue weighted by Crippen LogP contribution is 2.17. The molecule has 2 amide bonds. The number of aromatic nitrogens is 1. The van der Waals surface area contributed by atoms with Crippen molar-refractivity contribution in [3.05, 3.63) is 71.4 Å². The van der Waals surface area contributed by atoms with Crippen LogP contribution < -0.4 is 10.9 Å². The van der Waals surface area contributed by atoms with Crippen LogP contribution in [0.5, 0.6) is 0 Å². The van der Waals surface area contributed by atoms with Gasteiger partial charge in [0.1, 0.15) is 0 Å². The Balaban J connectivity index is 1.57. The van der Waals surface area contributed by atoms with Crippen LogP contribution in [0.4, 0.5) is 0 Å². The molecule has 0 saturated carbocycles. The number of aromatic amines is 1. The van der Waals surface area contributed by atoms with Gasteiger partial charge in [-0.15, -0.1) is 0 Å². The number of fused-ring (bicyclic) bond motifs is 1. The fraction of sp³-hybridized carbons (Fsp3) is 0.105. The Morgan fingerprint density at radius 2 is 1.65 bits per heavy atom. The van der Waals surface area contributed by atoms with E-state index in [0.717, 1.165) is 16.5 Å². The van der Waals surface area contributed by atoms with Gasteiger partial charge in [-0.05, 0) is 35.9 Å². The third-order valence-electron chi connectivity index (χ3n) is 3.91. The number of hydrogen-bond donors (Lipinski definition) is 3. The van der Waals surface area contributed by atoms with Crippen LogP contribution >= 0.6 is 0 Å². The predicted octanol–water partition coefficient (Wildman–Crippen LogP) is 1.96. The standard InChI is InChI=1S/C19H17N3O4/c1-26-19(25)13-8-6-12(7-9-13)18(24)22-21-17(23)10-14-11-20-16-5-3-2-4-15(14)16/h2-9,11,20H,10H2,1H3,(H,21,23)(H,22,24). The number of carbonyl (C=O) groups is 3. The molecule has 2 aromatic carbocycles. The minimum absolute atomic E-state index is 0.131. The summed E-state index contributed by atoms with van der Waals surface area (Å²) in [6, 6.07) is 13.6. The molecule has 3 rings (SSSR count). The topological polar surface area (TPSA) is 100 Å². The average Bonchev–Trinajstić information content (AvgIpc) is 3.08. The van der Waals surface area contributed by atoms with Crippen LogP contribution in [0, 0.1) is 0 Å². The minimum Gasteiger partial charge on any atom is -0.465 e. The van der Waals surface area contributed by atoms with Gasteiger partial charge in [-0.3, -0.25) is 20.4 Å². The van der Waals surface area contributed by atoms with Crippen LogP contribution in [-0.2, 0) is 16.0 Å². The third-order valence-corrected chi connectivity index (χ3v) is 3.91. The van der Waals surface area contributed by atoms with Crippen molar-refractivity contribution in [3.63, 3.8) is 0 Å². The van der Waals surface area contributed by atoms with E-state index in [9.17, 15) is 14.4 Å². The maximum absolute atomic E-state index is 12.1. The molecule has 0 atom stereocenters. The van der Waals surface area contributed by atoms with Crippen LogP contribution in [-0.4, -0.2) is 29.9 Å². The molecule has 7 nitrogen and oxygen atoms in total. The van der Waals surface area contributed by atoms with Gasteiger partial charge in [-0.25, -0.2) is 4.79 Å². The Labute approximate surface area is 149 Å². The maximum atomic E-state index is 12.1. The van der Waals surface area contributed by atoms with Gasteiger partial charge in [0.2, 0.25) is 5.91 Å². The summed E-state index contributed by atoms with van der Waals surface area (Å²) in [6.45, 7) is 0. The number of ether oxygens (including phenoxy) is 1. The van der Waals surface area contributed by atoms with Gasteiger partial charge in [0.25, 0.3) is 5.91 Å². The van der Waals surface area contributed by atoms with Gasteiger partial charge >= 0.3 is 5.97 Å². The van der Waals surface area contributed by atoms with E-state index in [1.165, 1.54) is 31.4 Å².